The van der Waals surface area contributed by atoms with E-state index in [0.29, 0.717) is 0 Å². The highest BCUT2D eigenvalue weighted by Gasteiger charge is 2.24. The molecular weight excluding hydrogens is 318 g/mol. The van der Waals surface area contributed by atoms with Crippen LogP contribution < -0.4 is 5.32 Å². The second kappa shape index (κ2) is 9.00. The van der Waals surface area contributed by atoms with Crippen molar-refractivity contribution in [1.29, 1.82) is 0 Å². The van der Waals surface area contributed by atoms with Crippen LogP contribution in [0.3, 0.4) is 0 Å². The molecule has 0 aliphatic heterocycles. The van der Waals surface area contributed by atoms with E-state index in [-0.39, 0.29) is 17.9 Å². The number of nitrogens with one attached hydrogen (secondary N) is 1. The molecule has 3 aromatic rings. The van der Waals surface area contributed by atoms with Crippen molar-refractivity contribution in [2.45, 2.75) is 31.7 Å². The number of hydrogen-bond donors (Lipinski definition) is 1. The first kappa shape index (κ1) is 17.9. The van der Waals surface area contributed by atoms with Crippen molar-refractivity contribution in [2.24, 2.45) is 0 Å². The Morgan fingerprint density at radius 2 is 1.15 bits per heavy atom. The number of rotatable bonds is 7. The number of amides is 1. The molecule has 1 amide bonds. The summed E-state index contributed by atoms with van der Waals surface area (Å²) in [6.07, 6.45) is 1.81. The maximum absolute atomic E-state index is 13.2. The summed E-state index contributed by atoms with van der Waals surface area (Å²) < 4.78 is 0. The first-order chi connectivity index (χ1) is 12.8. The van der Waals surface area contributed by atoms with E-state index >= 15 is 0 Å². The minimum absolute atomic E-state index is 0.0794. The van der Waals surface area contributed by atoms with Crippen LogP contribution in [0, 0.1) is 0 Å². The molecule has 0 aliphatic carbocycles. The molecule has 0 fully saturated rings. The lowest BCUT2D eigenvalue weighted by Crippen LogP contribution is -2.33. The van der Waals surface area contributed by atoms with E-state index in [1.807, 2.05) is 66.7 Å². The van der Waals surface area contributed by atoms with E-state index in [1.54, 1.807) is 0 Å². The normalized spacial score (nSPS) is 11.9. The topological polar surface area (TPSA) is 29.1 Å². The van der Waals surface area contributed by atoms with Gasteiger partial charge in [-0.2, -0.15) is 0 Å². The minimum Gasteiger partial charge on any atom is -0.345 e. The Morgan fingerprint density at radius 3 is 1.58 bits per heavy atom. The van der Waals surface area contributed by atoms with E-state index in [9.17, 15) is 4.79 Å². The van der Waals surface area contributed by atoms with Crippen LogP contribution in [0.4, 0.5) is 0 Å². The fourth-order valence-corrected chi connectivity index (χ4v) is 3.32. The van der Waals surface area contributed by atoms with Crippen LogP contribution in [-0.4, -0.2) is 5.91 Å². The van der Waals surface area contributed by atoms with E-state index in [2.05, 4.69) is 36.5 Å². The lowest BCUT2D eigenvalue weighted by atomic mass is 9.92. The zero-order valence-electron chi connectivity index (χ0n) is 15.1. The van der Waals surface area contributed by atoms with Crippen molar-refractivity contribution in [3.05, 3.63) is 108 Å². The van der Waals surface area contributed by atoms with Gasteiger partial charge in [0.1, 0.15) is 0 Å². The number of benzene rings is 3. The monoisotopic (exact) mass is 343 g/mol. The fourth-order valence-electron chi connectivity index (χ4n) is 3.32. The molecule has 0 saturated carbocycles. The summed E-state index contributed by atoms with van der Waals surface area (Å²) in [6, 6.07) is 30.2. The van der Waals surface area contributed by atoms with Crippen LogP contribution in [0.25, 0.3) is 0 Å². The Hall–Kier alpha value is -2.87. The third-order valence-electron chi connectivity index (χ3n) is 4.65. The molecule has 0 saturated heterocycles. The molecule has 132 valence electrons. The third-order valence-corrected chi connectivity index (χ3v) is 4.65. The lowest BCUT2D eigenvalue weighted by Gasteiger charge is -2.24. The van der Waals surface area contributed by atoms with Gasteiger partial charge in [0.2, 0.25) is 5.91 Å². The second-order valence-electron chi connectivity index (χ2n) is 6.51. The summed E-state index contributed by atoms with van der Waals surface area (Å²) in [6.45, 7) is 2.12. The predicted octanol–water partition coefficient (Wildman–Crippen LogP) is 5.48. The highest BCUT2D eigenvalue weighted by atomic mass is 16.1. The van der Waals surface area contributed by atoms with E-state index < -0.39 is 0 Å². The molecule has 3 rings (SSSR count). The van der Waals surface area contributed by atoms with Gasteiger partial charge in [-0.3, -0.25) is 4.79 Å². The minimum atomic E-state index is -0.145. The Kier molecular flexibility index (Phi) is 6.21. The van der Waals surface area contributed by atoms with Crippen LogP contribution in [-0.2, 0) is 4.79 Å². The maximum atomic E-state index is 13.2. The Bertz CT molecular complexity index is 760. The molecule has 2 nitrogen and oxygen atoms in total. The zero-order chi connectivity index (χ0) is 18.2. The van der Waals surface area contributed by atoms with Crippen molar-refractivity contribution in [3.63, 3.8) is 0 Å². The van der Waals surface area contributed by atoms with Crippen LogP contribution in [0.5, 0.6) is 0 Å². The van der Waals surface area contributed by atoms with Crippen LogP contribution in [0.2, 0.25) is 0 Å². The molecule has 0 aromatic heterocycles. The zero-order valence-corrected chi connectivity index (χ0v) is 15.1. The van der Waals surface area contributed by atoms with Crippen molar-refractivity contribution >= 4 is 5.91 Å². The molecule has 0 heterocycles. The average Bonchev–Trinajstić information content (AvgIpc) is 2.72. The van der Waals surface area contributed by atoms with Gasteiger partial charge in [0.15, 0.2) is 0 Å². The van der Waals surface area contributed by atoms with Gasteiger partial charge in [0.25, 0.3) is 0 Å². The van der Waals surface area contributed by atoms with Crippen LogP contribution >= 0.6 is 0 Å². The molecule has 1 unspecified atom stereocenters. The second-order valence-corrected chi connectivity index (χ2v) is 6.51. The van der Waals surface area contributed by atoms with Crippen LogP contribution in [0.15, 0.2) is 91.0 Å². The first-order valence-electron chi connectivity index (χ1n) is 9.24. The standard InChI is InChI=1S/C24H25NO/c1-2-12-22(19-13-6-3-7-14-19)24(26)25-23(20-15-8-4-9-16-20)21-17-10-5-11-18-21/h3-11,13-18,22-23H,2,12H2,1H3,(H,25,26). The third kappa shape index (κ3) is 4.40. The lowest BCUT2D eigenvalue weighted by molar-refractivity contribution is -0.123. The Morgan fingerprint density at radius 1 is 0.731 bits per heavy atom. The quantitative estimate of drug-likeness (QED) is 0.605. The maximum Gasteiger partial charge on any atom is 0.228 e. The van der Waals surface area contributed by atoms with E-state index in [1.165, 1.54) is 0 Å². The molecule has 2 heteroatoms. The summed E-state index contributed by atoms with van der Waals surface area (Å²) in [5, 5.41) is 3.29. The highest BCUT2D eigenvalue weighted by Crippen LogP contribution is 2.26. The number of carbonyl (C=O) groups excluding carboxylic acids is 1. The molecule has 1 atom stereocenters. The molecule has 0 aliphatic rings. The summed E-state index contributed by atoms with van der Waals surface area (Å²) >= 11 is 0. The van der Waals surface area contributed by atoms with Crippen molar-refractivity contribution in [1.82, 2.24) is 5.32 Å². The van der Waals surface area contributed by atoms with Gasteiger partial charge in [-0.05, 0) is 23.1 Å². The van der Waals surface area contributed by atoms with Gasteiger partial charge < -0.3 is 5.32 Å². The van der Waals surface area contributed by atoms with Crippen LogP contribution in [0.1, 0.15) is 48.4 Å². The molecule has 3 aromatic carbocycles. The van der Waals surface area contributed by atoms with E-state index in [0.717, 1.165) is 29.5 Å². The molecular formula is C24H25NO. The molecule has 0 spiro atoms. The number of hydrogen-bond acceptors (Lipinski definition) is 1. The van der Waals surface area contributed by atoms with Gasteiger partial charge in [-0.15, -0.1) is 0 Å². The van der Waals surface area contributed by atoms with Gasteiger partial charge in [-0.25, -0.2) is 0 Å². The summed E-state index contributed by atoms with van der Waals surface area (Å²) in [7, 11) is 0. The first-order valence-corrected chi connectivity index (χ1v) is 9.24. The number of carbonyl (C=O) groups is 1. The summed E-state index contributed by atoms with van der Waals surface area (Å²) in [4.78, 5) is 13.2. The summed E-state index contributed by atoms with van der Waals surface area (Å²) in [5.41, 5.74) is 3.26. The van der Waals surface area contributed by atoms with Gasteiger partial charge in [0, 0.05) is 0 Å². The van der Waals surface area contributed by atoms with Gasteiger partial charge >= 0.3 is 0 Å². The molecule has 1 N–H and O–H groups in total. The van der Waals surface area contributed by atoms with Gasteiger partial charge in [-0.1, -0.05) is 104 Å². The molecule has 0 radical (unpaired) electrons. The van der Waals surface area contributed by atoms with E-state index in [4.69, 9.17) is 0 Å². The molecule has 0 bridgehead atoms. The highest BCUT2D eigenvalue weighted by molar-refractivity contribution is 5.84. The largest absolute Gasteiger partial charge is 0.345 e. The van der Waals surface area contributed by atoms with Crippen molar-refractivity contribution in [2.75, 3.05) is 0 Å². The smallest absolute Gasteiger partial charge is 0.228 e. The Labute approximate surface area is 155 Å². The fraction of sp³-hybridized carbons (Fsp3) is 0.208. The SMILES string of the molecule is CCCC(C(=O)NC(c1ccccc1)c1ccccc1)c1ccccc1. The van der Waals surface area contributed by atoms with Gasteiger partial charge in [0.05, 0.1) is 12.0 Å². The average molecular weight is 343 g/mol. The van der Waals surface area contributed by atoms with Crippen molar-refractivity contribution in [3.8, 4) is 0 Å². The molecule has 26 heavy (non-hydrogen) atoms. The predicted molar refractivity (Wildman–Crippen MR) is 107 cm³/mol. The Balaban J connectivity index is 1.89. The van der Waals surface area contributed by atoms with Crippen molar-refractivity contribution < 1.29 is 4.79 Å². The summed E-state index contributed by atoms with van der Waals surface area (Å²) in [5.74, 6) is -0.0492.